The lowest BCUT2D eigenvalue weighted by Gasteiger charge is -2.29. The Morgan fingerprint density at radius 2 is 2.19 bits per heavy atom. The minimum atomic E-state index is -0.711. The zero-order valence-electron chi connectivity index (χ0n) is 14.9. The van der Waals surface area contributed by atoms with E-state index >= 15 is 0 Å². The Morgan fingerprint density at radius 1 is 1.42 bits per heavy atom. The number of aliphatic hydroxyl groups is 1. The summed E-state index contributed by atoms with van der Waals surface area (Å²) in [5, 5.41) is 20.8. The highest BCUT2D eigenvalue weighted by Crippen LogP contribution is 2.28. The summed E-state index contributed by atoms with van der Waals surface area (Å²) < 4.78 is 1.54. The lowest BCUT2D eigenvalue weighted by molar-refractivity contribution is -0.142. The molecule has 0 unspecified atom stereocenters. The van der Waals surface area contributed by atoms with Crippen molar-refractivity contribution in [2.75, 3.05) is 13.6 Å². The monoisotopic (exact) mass is 378 g/mol. The van der Waals surface area contributed by atoms with E-state index in [9.17, 15) is 14.7 Å². The first-order chi connectivity index (χ1) is 12.4. The van der Waals surface area contributed by atoms with Gasteiger partial charge in [0.2, 0.25) is 11.8 Å². The number of carbonyl (C=O) groups excluding carboxylic acids is 2. The molecular formula is C16H22N6O3S. The van der Waals surface area contributed by atoms with Gasteiger partial charge in [-0.2, -0.15) is 0 Å². The highest BCUT2D eigenvalue weighted by Gasteiger charge is 2.42. The molecule has 26 heavy (non-hydrogen) atoms. The average Bonchev–Trinajstić information content (AvgIpc) is 3.33. The first-order valence-corrected chi connectivity index (χ1v) is 9.31. The van der Waals surface area contributed by atoms with Crippen molar-refractivity contribution in [2.24, 2.45) is 5.92 Å². The van der Waals surface area contributed by atoms with Crippen molar-refractivity contribution in [3.05, 3.63) is 17.9 Å². The fourth-order valence-corrected chi connectivity index (χ4v) is 3.79. The SMILES string of the molecule is CNC(=O)[C@@H]1C[C@@H](O)CN1C(=O)[C@@H](C(C)C)n1cc(-c2cncs2)nn1. The number of β-amino-alcohol motifs (C(OH)–C–C–N with tert-alkyl or cyclic N) is 1. The summed E-state index contributed by atoms with van der Waals surface area (Å²) in [4.78, 5) is 31.6. The molecular weight excluding hydrogens is 356 g/mol. The predicted molar refractivity (Wildman–Crippen MR) is 95.2 cm³/mol. The van der Waals surface area contributed by atoms with Crippen LogP contribution >= 0.6 is 11.3 Å². The minimum absolute atomic E-state index is 0.0680. The van der Waals surface area contributed by atoms with Crippen LogP contribution in [-0.4, -0.2) is 67.5 Å². The van der Waals surface area contributed by atoms with E-state index in [1.807, 2.05) is 13.8 Å². The molecule has 1 saturated heterocycles. The van der Waals surface area contributed by atoms with Crippen LogP contribution in [0.2, 0.25) is 0 Å². The summed E-state index contributed by atoms with van der Waals surface area (Å²) in [7, 11) is 1.52. The Morgan fingerprint density at radius 3 is 2.81 bits per heavy atom. The number of amides is 2. The van der Waals surface area contributed by atoms with Gasteiger partial charge in [-0.1, -0.05) is 19.1 Å². The Balaban J connectivity index is 1.88. The topological polar surface area (TPSA) is 113 Å². The van der Waals surface area contributed by atoms with Crippen LogP contribution in [0.25, 0.3) is 10.6 Å². The van der Waals surface area contributed by atoms with Crippen LogP contribution in [0.3, 0.4) is 0 Å². The third-order valence-electron chi connectivity index (χ3n) is 4.48. The fraction of sp³-hybridized carbons (Fsp3) is 0.562. The molecule has 0 saturated carbocycles. The van der Waals surface area contributed by atoms with Gasteiger partial charge < -0.3 is 15.3 Å². The average molecular weight is 378 g/mol. The van der Waals surface area contributed by atoms with Crippen molar-refractivity contribution >= 4 is 23.2 Å². The van der Waals surface area contributed by atoms with Gasteiger partial charge in [0.25, 0.3) is 0 Å². The summed E-state index contributed by atoms with van der Waals surface area (Å²) in [6.45, 7) is 3.96. The number of nitrogens with one attached hydrogen (secondary N) is 1. The molecule has 0 aromatic carbocycles. The van der Waals surface area contributed by atoms with Crippen molar-refractivity contribution in [1.82, 2.24) is 30.2 Å². The van der Waals surface area contributed by atoms with Gasteiger partial charge in [0.15, 0.2) is 0 Å². The zero-order chi connectivity index (χ0) is 18.8. The number of hydrogen-bond donors (Lipinski definition) is 2. The van der Waals surface area contributed by atoms with Gasteiger partial charge in [-0.05, 0) is 5.92 Å². The van der Waals surface area contributed by atoms with Crippen LogP contribution in [-0.2, 0) is 9.59 Å². The Bertz CT molecular complexity index is 775. The maximum Gasteiger partial charge on any atom is 0.248 e. The maximum atomic E-state index is 13.2. The molecule has 0 bridgehead atoms. The number of aromatic nitrogens is 4. The molecule has 3 atom stereocenters. The van der Waals surface area contributed by atoms with Crippen LogP contribution < -0.4 is 5.32 Å². The van der Waals surface area contributed by atoms with Gasteiger partial charge in [0.05, 0.1) is 22.7 Å². The first kappa shape index (κ1) is 18.5. The van der Waals surface area contributed by atoms with Gasteiger partial charge in [0.1, 0.15) is 17.8 Å². The smallest absolute Gasteiger partial charge is 0.248 e. The second-order valence-electron chi connectivity index (χ2n) is 6.65. The van der Waals surface area contributed by atoms with E-state index in [2.05, 4.69) is 20.6 Å². The van der Waals surface area contributed by atoms with Gasteiger partial charge >= 0.3 is 0 Å². The van der Waals surface area contributed by atoms with Gasteiger partial charge in [-0.3, -0.25) is 14.6 Å². The minimum Gasteiger partial charge on any atom is -0.391 e. The van der Waals surface area contributed by atoms with E-state index in [-0.39, 0.29) is 30.7 Å². The molecule has 1 fully saturated rings. The van der Waals surface area contributed by atoms with Crippen LogP contribution in [0.15, 0.2) is 17.9 Å². The normalized spacial score (nSPS) is 21.2. The second kappa shape index (κ2) is 7.50. The summed E-state index contributed by atoms with van der Waals surface area (Å²) in [5.74, 6) is -0.589. The predicted octanol–water partition coefficient (Wildman–Crippen LogP) is 0.306. The molecule has 1 aliphatic rings. The van der Waals surface area contributed by atoms with E-state index in [4.69, 9.17) is 0 Å². The maximum absolute atomic E-state index is 13.2. The molecule has 0 radical (unpaired) electrons. The highest BCUT2D eigenvalue weighted by molar-refractivity contribution is 7.13. The summed E-state index contributed by atoms with van der Waals surface area (Å²) >= 11 is 1.44. The molecule has 9 nitrogen and oxygen atoms in total. The molecule has 2 N–H and O–H groups in total. The standard InChI is InChI=1S/C16H22N6O3S/c1-9(2)14(22-7-11(19-20-22)13-5-18-8-26-13)16(25)21-6-10(23)4-12(21)15(24)17-3/h5,7-10,12,14,23H,4,6H2,1-3H3,(H,17,24)/t10-,12+,14-/m1/s1. The molecule has 0 aliphatic carbocycles. The van der Waals surface area contributed by atoms with Gasteiger partial charge in [-0.15, -0.1) is 16.4 Å². The summed E-state index contributed by atoms with van der Waals surface area (Å²) in [5.41, 5.74) is 2.36. The quantitative estimate of drug-likeness (QED) is 0.774. The van der Waals surface area contributed by atoms with E-state index in [0.29, 0.717) is 5.69 Å². The first-order valence-electron chi connectivity index (χ1n) is 8.43. The molecule has 2 aromatic heterocycles. The van der Waals surface area contributed by atoms with E-state index in [0.717, 1.165) is 4.88 Å². The van der Waals surface area contributed by atoms with Gasteiger partial charge in [0, 0.05) is 26.2 Å². The van der Waals surface area contributed by atoms with Crippen LogP contribution in [0, 0.1) is 5.92 Å². The van der Waals surface area contributed by atoms with Gasteiger partial charge in [-0.25, -0.2) is 4.68 Å². The number of thiazole rings is 1. The zero-order valence-corrected chi connectivity index (χ0v) is 15.7. The second-order valence-corrected chi connectivity index (χ2v) is 7.53. The molecule has 1 aliphatic heterocycles. The number of likely N-dealkylation sites (N-methyl/N-ethyl adjacent to an activating group) is 1. The highest BCUT2D eigenvalue weighted by atomic mass is 32.1. The van der Waals surface area contributed by atoms with E-state index in [1.165, 1.54) is 28.0 Å². The summed E-state index contributed by atoms with van der Waals surface area (Å²) in [6, 6.07) is -1.28. The molecule has 10 heteroatoms. The third-order valence-corrected chi connectivity index (χ3v) is 5.27. The number of carbonyl (C=O) groups is 2. The van der Waals surface area contributed by atoms with E-state index < -0.39 is 18.2 Å². The molecule has 2 aromatic rings. The molecule has 3 heterocycles. The molecule has 3 rings (SSSR count). The largest absolute Gasteiger partial charge is 0.391 e. The molecule has 2 amide bonds. The number of hydrogen-bond acceptors (Lipinski definition) is 7. The number of aliphatic hydroxyl groups excluding tert-OH is 1. The molecule has 140 valence electrons. The van der Waals surface area contributed by atoms with Crippen molar-refractivity contribution in [3.63, 3.8) is 0 Å². The number of likely N-dealkylation sites (tertiary alicyclic amines) is 1. The van der Waals surface area contributed by atoms with Crippen molar-refractivity contribution < 1.29 is 14.7 Å². The Kier molecular flexibility index (Phi) is 5.33. The Labute approximate surface area is 155 Å². The number of rotatable bonds is 5. The van der Waals surface area contributed by atoms with Crippen molar-refractivity contribution in [1.29, 1.82) is 0 Å². The van der Waals surface area contributed by atoms with Crippen LogP contribution in [0.1, 0.15) is 26.3 Å². The lowest BCUT2D eigenvalue weighted by Crippen LogP contribution is -2.48. The summed E-state index contributed by atoms with van der Waals surface area (Å²) in [6.07, 6.45) is 2.94. The molecule has 0 spiro atoms. The van der Waals surface area contributed by atoms with Crippen LogP contribution in [0.5, 0.6) is 0 Å². The fourth-order valence-electron chi connectivity index (χ4n) is 3.21. The number of nitrogens with zero attached hydrogens (tertiary/aromatic N) is 5. The lowest BCUT2D eigenvalue weighted by atomic mass is 10.0. The van der Waals surface area contributed by atoms with Crippen LogP contribution in [0.4, 0.5) is 0 Å². The third kappa shape index (κ3) is 3.47. The van der Waals surface area contributed by atoms with E-state index in [1.54, 1.807) is 17.9 Å². The van der Waals surface area contributed by atoms with Crippen molar-refractivity contribution in [3.8, 4) is 10.6 Å². The van der Waals surface area contributed by atoms with Crippen molar-refractivity contribution in [2.45, 2.75) is 38.5 Å². The Hall–Kier alpha value is -2.33.